The molecule has 0 spiro atoms. The van der Waals surface area contributed by atoms with E-state index >= 15 is 0 Å². The molecular formula is C17H16N4O4. The van der Waals surface area contributed by atoms with Gasteiger partial charge in [0.05, 0.1) is 23.7 Å². The molecular weight excluding hydrogens is 324 g/mol. The number of benzene rings is 2. The quantitative estimate of drug-likeness (QED) is 0.568. The Morgan fingerprint density at radius 2 is 2.12 bits per heavy atom. The first-order valence-corrected chi connectivity index (χ1v) is 7.49. The van der Waals surface area contributed by atoms with Crippen LogP contribution in [0.4, 0.5) is 5.69 Å². The molecule has 3 rings (SSSR count). The monoisotopic (exact) mass is 340 g/mol. The summed E-state index contributed by atoms with van der Waals surface area (Å²) in [6.45, 7) is 0.243. The molecule has 1 N–H and O–H groups in total. The molecule has 0 aliphatic rings. The molecule has 2 aromatic carbocycles. The summed E-state index contributed by atoms with van der Waals surface area (Å²) in [4.78, 5) is 24.7. The van der Waals surface area contributed by atoms with Gasteiger partial charge in [0, 0.05) is 30.6 Å². The van der Waals surface area contributed by atoms with E-state index in [-0.39, 0.29) is 23.9 Å². The third-order valence-electron chi connectivity index (χ3n) is 3.89. The summed E-state index contributed by atoms with van der Waals surface area (Å²) in [5.74, 6) is 0.00899. The molecule has 3 aromatic rings. The fourth-order valence-electron chi connectivity index (χ4n) is 2.62. The molecule has 1 aromatic heterocycles. The number of hydrogen-bond acceptors (Lipinski definition) is 5. The number of rotatable bonds is 5. The molecule has 8 nitrogen and oxygen atoms in total. The Labute approximate surface area is 143 Å². The van der Waals surface area contributed by atoms with Gasteiger partial charge in [0.15, 0.2) is 5.75 Å². The van der Waals surface area contributed by atoms with Crippen molar-refractivity contribution in [3.05, 3.63) is 63.8 Å². The number of nitro groups is 1. The minimum Gasteiger partial charge on any atom is -0.490 e. The van der Waals surface area contributed by atoms with E-state index in [1.165, 1.54) is 24.1 Å². The number of carbonyl (C=O) groups excluding carboxylic acids is 1. The number of fused-ring (bicyclic) bond motifs is 1. The molecule has 0 aliphatic heterocycles. The lowest BCUT2D eigenvalue weighted by Gasteiger charge is -2.17. The van der Waals surface area contributed by atoms with Gasteiger partial charge in [-0.05, 0) is 29.8 Å². The van der Waals surface area contributed by atoms with Gasteiger partial charge in [0.25, 0.3) is 5.91 Å². The molecule has 0 aliphatic carbocycles. The van der Waals surface area contributed by atoms with Crippen LogP contribution in [0.25, 0.3) is 10.9 Å². The number of nitro benzene ring substituents is 1. The number of methoxy groups -OCH3 is 1. The number of aromatic amines is 1. The number of H-pyrrole nitrogens is 1. The summed E-state index contributed by atoms with van der Waals surface area (Å²) in [5.41, 5.74) is 1.90. The van der Waals surface area contributed by atoms with Crippen LogP contribution in [0.5, 0.6) is 5.75 Å². The van der Waals surface area contributed by atoms with Crippen LogP contribution in [0.2, 0.25) is 0 Å². The first kappa shape index (κ1) is 16.4. The summed E-state index contributed by atoms with van der Waals surface area (Å²) in [6, 6.07) is 9.92. The molecule has 0 fully saturated rings. The first-order chi connectivity index (χ1) is 12.0. The lowest BCUT2D eigenvalue weighted by Crippen LogP contribution is -2.26. The van der Waals surface area contributed by atoms with Gasteiger partial charge in [0.2, 0.25) is 0 Å². The highest BCUT2D eigenvalue weighted by Crippen LogP contribution is 2.28. The van der Waals surface area contributed by atoms with E-state index < -0.39 is 4.92 Å². The fourth-order valence-corrected chi connectivity index (χ4v) is 2.62. The van der Waals surface area contributed by atoms with Crippen LogP contribution in [-0.2, 0) is 6.54 Å². The van der Waals surface area contributed by atoms with Crippen LogP contribution in [0.15, 0.2) is 42.6 Å². The second-order valence-corrected chi connectivity index (χ2v) is 5.60. The number of carbonyl (C=O) groups is 1. The van der Waals surface area contributed by atoms with E-state index in [4.69, 9.17) is 4.74 Å². The van der Waals surface area contributed by atoms with Crippen molar-refractivity contribution in [3.63, 3.8) is 0 Å². The van der Waals surface area contributed by atoms with Crippen molar-refractivity contribution in [2.24, 2.45) is 0 Å². The minimum absolute atomic E-state index is 0.124. The number of hydrogen-bond donors (Lipinski definition) is 1. The molecule has 0 bridgehead atoms. The van der Waals surface area contributed by atoms with E-state index in [1.54, 1.807) is 37.5 Å². The summed E-state index contributed by atoms with van der Waals surface area (Å²) in [6.07, 6.45) is 1.65. The Hall–Kier alpha value is -3.42. The van der Waals surface area contributed by atoms with Gasteiger partial charge in [-0.25, -0.2) is 0 Å². The van der Waals surface area contributed by atoms with Crippen LogP contribution in [0.3, 0.4) is 0 Å². The lowest BCUT2D eigenvalue weighted by molar-refractivity contribution is -0.385. The second-order valence-electron chi connectivity index (χ2n) is 5.60. The van der Waals surface area contributed by atoms with Crippen molar-refractivity contribution in [1.82, 2.24) is 15.1 Å². The third-order valence-corrected chi connectivity index (χ3v) is 3.89. The maximum absolute atomic E-state index is 12.6. The molecule has 8 heteroatoms. The average Bonchev–Trinajstić information content (AvgIpc) is 3.08. The third kappa shape index (κ3) is 3.27. The largest absolute Gasteiger partial charge is 0.490 e. The second kappa shape index (κ2) is 6.60. The van der Waals surface area contributed by atoms with Crippen molar-refractivity contribution >= 4 is 22.5 Å². The molecule has 25 heavy (non-hydrogen) atoms. The Morgan fingerprint density at radius 3 is 2.84 bits per heavy atom. The maximum Gasteiger partial charge on any atom is 0.311 e. The fraction of sp³-hybridized carbons (Fsp3) is 0.176. The highest BCUT2D eigenvalue weighted by atomic mass is 16.6. The van der Waals surface area contributed by atoms with Gasteiger partial charge >= 0.3 is 5.69 Å². The summed E-state index contributed by atoms with van der Waals surface area (Å²) < 4.78 is 4.99. The van der Waals surface area contributed by atoms with Gasteiger partial charge in [0.1, 0.15) is 0 Å². The van der Waals surface area contributed by atoms with Crippen molar-refractivity contribution in [3.8, 4) is 5.75 Å². The van der Waals surface area contributed by atoms with E-state index in [1.807, 2.05) is 0 Å². The van der Waals surface area contributed by atoms with Crippen LogP contribution < -0.4 is 4.74 Å². The number of ether oxygens (including phenoxy) is 1. The number of nitrogens with zero attached hydrogens (tertiary/aromatic N) is 3. The summed E-state index contributed by atoms with van der Waals surface area (Å²) in [5, 5.41) is 18.7. The van der Waals surface area contributed by atoms with Crippen LogP contribution in [0.1, 0.15) is 15.9 Å². The Bertz CT molecular complexity index is 951. The van der Waals surface area contributed by atoms with Gasteiger partial charge in [-0.1, -0.05) is 6.07 Å². The van der Waals surface area contributed by atoms with Crippen molar-refractivity contribution in [2.75, 3.05) is 14.2 Å². The van der Waals surface area contributed by atoms with E-state index in [2.05, 4.69) is 10.2 Å². The first-order valence-electron chi connectivity index (χ1n) is 7.49. The molecule has 1 amide bonds. The van der Waals surface area contributed by atoms with Crippen molar-refractivity contribution < 1.29 is 14.5 Å². The predicted octanol–water partition coefficient (Wildman–Crippen LogP) is 2.75. The average molecular weight is 340 g/mol. The van der Waals surface area contributed by atoms with Gasteiger partial charge in [-0.2, -0.15) is 5.10 Å². The molecule has 0 radical (unpaired) electrons. The van der Waals surface area contributed by atoms with Gasteiger partial charge in [-0.15, -0.1) is 0 Å². The van der Waals surface area contributed by atoms with Gasteiger partial charge in [-0.3, -0.25) is 20.0 Å². The SMILES string of the molecule is COc1ccc(CN(C)C(=O)c2ccc3[nH]ncc3c2)cc1[N+](=O)[O-]. The summed E-state index contributed by atoms with van der Waals surface area (Å²) in [7, 11) is 3.03. The predicted molar refractivity (Wildman–Crippen MR) is 91.5 cm³/mol. The standard InChI is InChI=1S/C17H16N4O4/c1-20(10-11-3-6-16(25-2)15(7-11)21(23)24)17(22)12-4-5-14-13(8-12)9-18-19-14/h3-9H,10H2,1-2H3,(H,18,19). The maximum atomic E-state index is 12.6. The van der Waals surface area contributed by atoms with E-state index in [0.29, 0.717) is 11.1 Å². The van der Waals surface area contributed by atoms with Crippen molar-refractivity contribution in [1.29, 1.82) is 0 Å². The van der Waals surface area contributed by atoms with Gasteiger partial charge < -0.3 is 9.64 Å². The normalized spacial score (nSPS) is 10.6. The number of nitrogens with one attached hydrogen (secondary N) is 1. The Kier molecular flexibility index (Phi) is 4.34. The van der Waals surface area contributed by atoms with E-state index in [0.717, 1.165) is 10.9 Å². The molecule has 128 valence electrons. The number of amides is 1. The number of aromatic nitrogens is 2. The molecule has 0 unspecified atom stereocenters. The lowest BCUT2D eigenvalue weighted by atomic mass is 10.1. The molecule has 0 saturated carbocycles. The van der Waals surface area contributed by atoms with Crippen molar-refractivity contribution in [2.45, 2.75) is 6.54 Å². The van der Waals surface area contributed by atoms with Crippen LogP contribution >= 0.6 is 0 Å². The summed E-state index contributed by atoms with van der Waals surface area (Å²) >= 11 is 0. The highest BCUT2D eigenvalue weighted by molar-refractivity contribution is 5.97. The van der Waals surface area contributed by atoms with E-state index in [9.17, 15) is 14.9 Å². The molecule has 0 saturated heterocycles. The topological polar surface area (TPSA) is 101 Å². The zero-order chi connectivity index (χ0) is 18.0. The molecule has 0 atom stereocenters. The Morgan fingerprint density at radius 1 is 1.32 bits per heavy atom. The van der Waals surface area contributed by atoms with Crippen LogP contribution in [-0.4, -0.2) is 40.1 Å². The zero-order valence-electron chi connectivity index (χ0n) is 13.7. The smallest absolute Gasteiger partial charge is 0.311 e. The molecule has 1 heterocycles. The van der Waals surface area contributed by atoms with Crippen LogP contribution in [0, 0.1) is 10.1 Å². The highest BCUT2D eigenvalue weighted by Gasteiger charge is 2.18. The Balaban J connectivity index is 1.81. The zero-order valence-corrected chi connectivity index (χ0v) is 13.7. The minimum atomic E-state index is -0.503.